The normalized spacial score (nSPS) is 10.7. The van der Waals surface area contributed by atoms with Gasteiger partial charge in [-0.3, -0.25) is 4.79 Å². The fourth-order valence-electron chi connectivity index (χ4n) is 2.70. The van der Waals surface area contributed by atoms with E-state index < -0.39 is 0 Å². The van der Waals surface area contributed by atoms with Crippen molar-refractivity contribution in [2.45, 2.75) is 13.5 Å². The number of aryl methyl sites for hydroxylation is 2. The van der Waals surface area contributed by atoms with Gasteiger partial charge in [-0.25, -0.2) is 4.98 Å². The Labute approximate surface area is 146 Å². The van der Waals surface area contributed by atoms with Crippen LogP contribution in [-0.2, 0) is 13.6 Å². The van der Waals surface area contributed by atoms with Gasteiger partial charge < -0.3 is 19.4 Å². The number of ether oxygens (including phenoxy) is 2. The number of nitrogens with one attached hydrogen (secondary N) is 1. The molecule has 1 heterocycles. The zero-order valence-electron chi connectivity index (χ0n) is 14.8. The summed E-state index contributed by atoms with van der Waals surface area (Å²) in [7, 11) is 5.10. The van der Waals surface area contributed by atoms with Gasteiger partial charge in [0.25, 0.3) is 5.91 Å². The lowest BCUT2D eigenvalue weighted by atomic mass is 10.1. The van der Waals surface area contributed by atoms with Crippen molar-refractivity contribution in [1.29, 1.82) is 0 Å². The van der Waals surface area contributed by atoms with Crippen molar-refractivity contribution in [2.75, 3.05) is 14.2 Å². The summed E-state index contributed by atoms with van der Waals surface area (Å²) < 4.78 is 12.4. The van der Waals surface area contributed by atoms with E-state index in [0.717, 1.165) is 22.4 Å². The standard InChI is InChI=1S/C19H21N3O3/c1-12-21-17-7-13(5-6-18(17)22(12)2)11-20-19(23)14-8-15(24-3)10-16(9-14)25-4/h5-10H,11H2,1-4H3,(H,20,23). The Balaban J connectivity index is 1.76. The van der Waals surface area contributed by atoms with Crippen molar-refractivity contribution >= 4 is 16.9 Å². The highest BCUT2D eigenvalue weighted by molar-refractivity contribution is 5.95. The summed E-state index contributed by atoms with van der Waals surface area (Å²) in [6.07, 6.45) is 0. The van der Waals surface area contributed by atoms with E-state index >= 15 is 0 Å². The van der Waals surface area contributed by atoms with Gasteiger partial charge in [0, 0.05) is 25.2 Å². The zero-order chi connectivity index (χ0) is 18.0. The van der Waals surface area contributed by atoms with Crippen LogP contribution in [0.3, 0.4) is 0 Å². The maximum Gasteiger partial charge on any atom is 0.251 e. The first-order valence-corrected chi connectivity index (χ1v) is 7.95. The molecule has 0 bridgehead atoms. The number of carbonyl (C=O) groups excluding carboxylic acids is 1. The Hall–Kier alpha value is -3.02. The van der Waals surface area contributed by atoms with E-state index in [-0.39, 0.29) is 5.91 Å². The summed E-state index contributed by atoms with van der Waals surface area (Å²) in [4.78, 5) is 17.0. The van der Waals surface area contributed by atoms with Crippen molar-refractivity contribution in [3.63, 3.8) is 0 Å². The summed E-state index contributed by atoms with van der Waals surface area (Å²) in [5.41, 5.74) is 3.49. The molecule has 3 aromatic rings. The average molecular weight is 339 g/mol. The van der Waals surface area contributed by atoms with Crippen LogP contribution in [0.4, 0.5) is 0 Å². The molecule has 0 aliphatic heterocycles. The third kappa shape index (κ3) is 3.42. The fourth-order valence-corrected chi connectivity index (χ4v) is 2.70. The molecule has 0 fully saturated rings. The summed E-state index contributed by atoms with van der Waals surface area (Å²) in [6, 6.07) is 11.1. The second-order valence-corrected chi connectivity index (χ2v) is 5.83. The number of benzene rings is 2. The number of hydrogen-bond donors (Lipinski definition) is 1. The number of amides is 1. The lowest BCUT2D eigenvalue weighted by Gasteiger charge is -2.09. The van der Waals surface area contributed by atoms with E-state index in [1.807, 2.05) is 36.7 Å². The quantitative estimate of drug-likeness (QED) is 0.776. The highest BCUT2D eigenvalue weighted by atomic mass is 16.5. The molecule has 3 rings (SSSR count). The number of imidazole rings is 1. The minimum absolute atomic E-state index is 0.186. The molecule has 25 heavy (non-hydrogen) atoms. The van der Waals surface area contributed by atoms with Crippen LogP contribution >= 0.6 is 0 Å². The van der Waals surface area contributed by atoms with Crippen molar-refractivity contribution in [3.05, 3.63) is 53.3 Å². The molecule has 2 aromatic carbocycles. The molecule has 0 atom stereocenters. The fraction of sp³-hybridized carbons (Fsp3) is 0.263. The number of fused-ring (bicyclic) bond motifs is 1. The van der Waals surface area contributed by atoms with Crippen molar-refractivity contribution in [1.82, 2.24) is 14.9 Å². The number of methoxy groups -OCH3 is 2. The highest BCUT2D eigenvalue weighted by Gasteiger charge is 2.10. The monoisotopic (exact) mass is 339 g/mol. The van der Waals surface area contributed by atoms with E-state index in [2.05, 4.69) is 10.3 Å². The number of rotatable bonds is 5. The molecular weight excluding hydrogens is 318 g/mol. The van der Waals surface area contributed by atoms with Crippen LogP contribution in [0.25, 0.3) is 11.0 Å². The van der Waals surface area contributed by atoms with Crippen LogP contribution in [0.5, 0.6) is 11.5 Å². The molecule has 0 saturated heterocycles. The van der Waals surface area contributed by atoms with Gasteiger partial charge in [-0.05, 0) is 36.8 Å². The summed E-state index contributed by atoms with van der Waals surface area (Å²) >= 11 is 0. The molecule has 1 N–H and O–H groups in total. The third-order valence-electron chi connectivity index (χ3n) is 4.24. The summed E-state index contributed by atoms with van der Waals surface area (Å²) in [5.74, 6) is 1.93. The van der Waals surface area contributed by atoms with Gasteiger partial charge in [0.05, 0.1) is 25.3 Å². The number of nitrogens with zero attached hydrogens (tertiary/aromatic N) is 2. The van der Waals surface area contributed by atoms with Crippen LogP contribution in [0.2, 0.25) is 0 Å². The second kappa shape index (κ2) is 6.84. The van der Waals surface area contributed by atoms with Crippen LogP contribution in [0, 0.1) is 6.92 Å². The molecule has 0 spiro atoms. The number of hydrogen-bond acceptors (Lipinski definition) is 4. The predicted molar refractivity (Wildman–Crippen MR) is 96.2 cm³/mol. The highest BCUT2D eigenvalue weighted by Crippen LogP contribution is 2.22. The van der Waals surface area contributed by atoms with E-state index in [1.165, 1.54) is 0 Å². The minimum Gasteiger partial charge on any atom is -0.497 e. The van der Waals surface area contributed by atoms with Crippen LogP contribution in [0.1, 0.15) is 21.7 Å². The third-order valence-corrected chi connectivity index (χ3v) is 4.24. The molecule has 1 amide bonds. The van der Waals surface area contributed by atoms with Gasteiger partial charge >= 0.3 is 0 Å². The molecule has 1 aromatic heterocycles. The molecule has 0 saturated carbocycles. The van der Waals surface area contributed by atoms with E-state index in [4.69, 9.17) is 9.47 Å². The van der Waals surface area contributed by atoms with Crippen LogP contribution < -0.4 is 14.8 Å². The van der Waals surface area contributed by atoms with Gasteiger partial charge in [-0.1, -0.05) is 6.07 Å². The molecule has 6 heteroatoms. The number of carbonyl (C=O) groups is 1. The first kappa shape index (κ1) is 16.8. The van der Waals surface area contributed by atoms with E-state index in [0.29, 0.717) is 23.6 Å². The molecule has 0 aliphatic carbocycles. The second-order valence-electron chi connectivity index (χ2n) is 5.83. The van der Waals surface area contributed by atoms with Crippen LogP contribution in [0.15, 0.2) is 36.4 Å². The Kier molecular flexibility index (Phi) is 4.61. The first-order chi connectivity index (χ1) is 12.0. The number of aromatic nitrogens is 2. The molecule has 6 nitrogen and oxygen atoms in total. The van der Waals surface area contributed by atoms with Gasteiger partial charge in [-0.2, -0.15) is 0 Å². The largest absolute Gasteiger partial charge is 0.497 e. The SMILES string of the molecule is COc1cc(OC)cc(C(=O)NCc2ccc3c(c2)nc(C)n3C)c1. The van der Waals surface area contributed by atoms with Crippen LogP contribution in [-0.4, -0.2) is 29.7 Å². The zero-order valence-corrected chi connectivity index (χ0v) is 14.8. The Morgan fingerprint density at radius 2 is 1.80 bits per heavy atom. The van der Waals surface area contributed by atoms with Gasteiger partial charge in [0.1, 0.15) is 17.3 Å². The first-order valence-electron chi connectivity index (χ1n) is 7.95. The lowest BCUT2D eigenvalue weighted by Crippen LogP contribution is -2.22. The topological polar surface area (TPSA) is 65.4 Å². The summed E-state index contributed by atoms with van der Waals surface area (Å²) in [5, 5.41) is 2.92. The molecule has 0 unspecified atom stereocenters. The van der Waals surface area contributed by atoms with Crippen molar-refractivity contribution in [3.8, 4) is 11.5 Å². The van der Waals surface area contributed by atoms with E-state index in [9.17, 15) is 4.79 Å². The maximum atomic E-state index is 12.4. The molecule has 130 valence electrons. The Morgan fingerprint density at radius 3 is 2.44 bits per heavy atom. The van der Waals surface area contributed by atoms with Crippen molar-refractivity contribution < 1.29 is 14.3 Å². The average Bonchev–Trinajstić information content (AvgIpc) is 2.92. The van der Waals surface area contributed by atoms with Gasteiger partial charge in [0.2, 0.25) is 0 Å². The minimum atomic E-state index is -0.186. The maximum absolute atomic E-state index is 12.4. The predicted octanol–water partition coefficient (Wildman–Crippen LogP) is 2.83. The van der Waals surface area contributed by atoms with Gasteiger partial charge in [0.15, 0.2) is 0 Å². The van der Waals surface area contributed by atoms with Gasteiger partial charge in [-0.15, -0.1) is 0 Å². The molecular formula is C19H21N3O3. The smallest absolute Gasteiger partial charge is 0.251 e. The van der Waals surface area contributed by atoms with Crippen molar-refractivity contribution in [2.24, 2.45) is 7.05 Å². The summed E-state index contributed by atoms with van der Waals surface area (Å²) in [6.45, 7) is 2.39. The Bertz CT molecular complexity index is 909. The van der Waals surface area contributed by atoms with E-state index in [1.54, 1.807) is 32.4 Å². The molecule has 0 aliphatic rings. The Morgan fingerprint density at radius 1 is 1.12 bits per heavy atom. The lowest BCUT2D eigenvalue weighted by molar-refractivity contribution is 0.0950. The molecule has 0 radical (unpaired) electrons.